The predicted octanol–water partition coefficient (Wildman–Crippen LogP) is 5.57. The topological polar surface area (TPSA) is 86.8 Å². The molecular weight excluding hydrogens is 534 g/mol. The molecule has 0 spiro atoms. The van der Waals surface area contributed by atoms with Crippen LogP contribution in [0.4, 0.5) is 5.69 Å². The molecule has 7 nitrogen and oxygen atoms in total. The summed E-state index contributed by atoms with van der Waals surface area (Å²) in [7, 11) is -4.13. The van der Waals surface area contributed by atoms with Crippen LogP contribution < -0.4 is 9.62 Å². The highest BCUT2D eigenvalue weighted by Gasteiger charge is 2.34. The van der Waals surface area contributed by atoms with Crippen molar-refractivity contribution in [2.75, 3.05) is 10.8 Å². The lowest BCUT2D eigenvalue weighted by Crippen LogP contribution is -2.53. The second kappa shape index (κ2) is 13.6. The number of aryl methyl sites for hydroxylation is 1. The first-order valence-electron chi connectivity index (χ1n) is 13.1. The van der Waals surface area contributed by atoms with Gasteiger partial charge >= 0.3 is 0 Å². The van der Waals surface area contributed by atoms with E-state index in [1.807, 2.05) is 52.0 Å². The van der Waals surface area contributed by atoms with Crippen LogP contribution in [-0.2, 0) is 26.2 Å². The van der Waals surface area contributed by atoms with Gasteiger partial charge in [0.2, 0.25) is 11.8 Å². The third-order valence-corrected chi connectivity index (χ3v) is 8.75. The Labute approximate surface area is 236 Å². The van der Waals surface area contributed by atoms with Crippen LogP contribution in [0.15, 0.2) is 83.8 Å². The van der Waals surface area contributed by atoms with Gasteiger partial charge in [0.25, 0.3) is 10.0 Å². The van der Waals surface area contributed by atoms with E-state index in [0.29, 0.717) is 17.1 Å². The van der Waals surface area contributed by atoms with Gasteiger partial charge in [-0.3, -0.25) is 13.9 Å². The summed E-state index contributed by atoms with van der Waals surface area (Å²) in [5.74, 6) is -0.744. The number of hydrogen-bond donors (Lipinski definition) is 1. The fourth-order valence-electron chi connectivity index (χ4n) is 4.19. The number of nitrogens with one attached hydrogen (secondary N) is 1. The second-order valence-corrected chi connectivity index (χ2v) is 11.8. The van der Waals surface area contributed by atoms with Gasteiger partial charge in [0.1, 0.15) is 12.6 Å². The third kappa shape index (κ3) is 7.61. The summed E-state index contributed by atoms with van der Waals surface area (Å²) >= 11 is 5.99. The number of hydrogen-bond acceptors (Lipinski definition) is 4. The van der Waals surface area contributed by atoms with Crippen molar-refractivity contribution in [3.63, 3.8) is 0 Å². The fourth-order valence-corrected chi connectivity index (χ4v) is 5.73. The molecule has 9 heteroatoms. The van der Waals surface area contributed by atoms with E-state index >= 15 is 0 Å². The molecule has 0 unspecified atom stereocenters. The molecule has 0 aliphatic carbocycles. The molecule has 2 atom stereocenters. The first-order chi connectivity index (χ1) is 18.6. The maximum Gasteiger partial charge on any atom is 0.264 e. The number of para-hydroxylation sites is 1. The Hall–Kier alpha value is -3.36. The summed E-state index contributed by atoms with van der Waals surface area (Å²) in [4.78, 5) is 28.9. The van der Waals surface area contributed by atoms with Crippen LogP contribution in [0.1, 0.15) is 44.7 Å². The van der Waals surface area contributed by atoms with Crippen molar-refractivity contribution < 1.29 is 18.0 Å². The average molecular weight is 570 g/mol. The fraction of sp³-hybridized carbons (Fsp3) is 0.333. The maximum absolute atomic E-state index is 14.1. The van der Waals surface area contributed by atoms with E-state index in [1.54, 1.807) is 30.3 Å². The van der Waals surface area contributed by atoms with Crippen molar-refractivity contribution in [2.24, 2.45) is 0 Å². The van der Waals surface area contributed by atoms with Crippen LogP contribution in [0.3, 0.4) is 0 Å². The normalized spacial score (nSPS) is 12.8. The van der Waals surface area contributed by atoms with E-state index in [2.05, 4.69) is 5.32 Å². The lowest BCUT2D eigenvalue weighted by Gasteiger charge is -2.34. The number of benzene rings is 3. The average Bonchev–Trinajstić information content (AvgIpc) is 2.93. The molecule has 2 amide bonds. The lowest BCUT2D eigenvalue weighted by molar-refractivity contribution is -0.140. The maximum atomic E-state index is 14.1. The van der Waals surface area contributed by atoms with Crippen molar-refractivity contribution in [3.05, 3.63) is 95.0 Å². The van der Waals surface area contributed by atoms with Crippen LogP contribution >= 0.6 is 11.6 Å². The molecule has 0 saturated carbocycles. The van der Waals surface area contributed by atoms with Crippen LogP contribution in [0, 0.1) is 6.92 Å². The molecule has 0 aliphatic rings. The van der Waals surface area contributed by atoms with Gasteiger partial charge in [-0.25, -0.2) is 8.42 Å². The monoisotopic (exact) mass is 569 g/mol. The summed E-state index contributed by atoms with van der Waals surface area (Å²) < 4.78 is 28.7. The minimum atomic E-state index is -4.13. The Morgan fingerprint density at radius 3 is 2.10 bits per heavy atom. The Kier molecular flexibility index (Phi) is 10.5. The van der Waals surface area contributed by atoms with Crippen molar-refractivity contribution >= 4 is 39.1 Å². The van der Waals surface area contributed by atoms with Gasteiger partial charge in [-0.05, 0) is 74.2 Å². The Balaban J connectivity index is 2.04. The van der Waals surface area contributed by atoms with Gasteiger partial charge in [0, 0.05) is 17.6 Å². The summed E-state index contributed by atoms with van der Waals surface area (Å²) in [5.41, 5.74) is 2.20. The largest absolute Gasteiger partial charge is 0.352 e. The van der Waals surface area contributed by atoms with E-state index in [4.69, 9.17) is 11.6 Å². The first-order valence-corrected chi connectivity index (χ1v) is 14.9. The number of sulfonamides is 1. The van der Waals surface area contributed by atoms with E-state index in [9.17, 15) is 18.0 Å². The van der Waals surface area contributed by atoms with E-state index < -0.39 is 28.5 Å². The van der Waals surface area contributed by atoms with Crippen molar-refractivity contribution in [1.29, 1.82) is 0 Å². The molecule has 0 fully saturated rings. The second-order valence-electron chi connectivity index (χ2n) is 9.49. The zero-order chi connectivity index (χ0) is 28.6. The molecular formula is C30H36ClN3O4S. The van der Waals surface area contributed by atoms with Crippen molar-refractivity contribution in [3.8, 4) is 0 Å². The highest BCUT2D eigenvalue weighted by molar-refractivity contribution is 7.92. The van der Waals surface area contributed by atoms with Gasteiger partial charge in [0.05, 0.1) is 10.6 Å². The van der Waals surface area contributed by atoms with Gasteiger partial charge in [0.15, 0.2) is 0 Å². The number of halogens is 1. The lowest BCUT2D eigenvalue weighted by atomic mass is 10.1. The Morgan fingerprint density at radius 2 is 1.51 bits per heavy atom. The van der Waals surface area contributed by atoms with Gasteiger partial charge in [-0.2, -0.15) is 0 Å². The molecule has 0 aliphatic heterocycles. The molecule has 0 heterocycles. The zero-order valence-electron chi connectivity index (χ0n) is 22.8. The quantitative estimate of drug-likeness (QED) is 0.309. The van der Waals surface area contributed by atoms with Gasteiger partial charge < -0.3 is 10.2 Å². The molecule has 3 aromatic rings. The molecule has 208 valence electrons. The predicted molar refractivity (Wildman–Crippen MR) is 156 cm³/mol. The molecule has 1 N–H and O–H groups in total. The van der Waals surface area contributed by atoms with Crippen LogP contribution in [0.5, 0.6) is 0 Å². The highest BCUT2D eigenvalue weighted by atomic mass is 35.5. The highest BCUT2D eigenvalue weighted by Crippen LogP contribution is 2.26. The van der Waals surface area contributed by atoms with Crippen LogP contribution in [-0.4, -0.2) is 43.8 Å². The SMILES string of the molecule is CC[C@H](C)NC(=O)[C@H](CC)N(Cc1ccccc1C)C(=O)CN(c1ccccc1)S(=O)(=O)c1ccc(Cl)cc1. The Morgan fingerprint density at radius 1 is 0.897 bits per heavy atom. The molecule has 3 aromatic carbocycles. The van der Waals surface area contributed by atoms with E-state index in [0.717, 1.165) is 21.9 Å². The third-order valence-electron chi connectivity index (χ3n) is 6.71. The number of carbonyl (C=O) groups is 2. The van der Waals surface area contributed by atoms with Gasteiger partial charge in [-0.1, -0.05) is 67.9 Å². The minimum Gasteiger partial charge on any atom is -0.352 e. The number of rotatable bonds is 12. The number of nitrogens with zero attached hydrogens (tertiary/aromatic N) is 2. The summed E-state index contributed by atoms with van der Waals surface area (Å²) in [5, 5.41) is 3.39. The van der Waals surface area contributed by atoms with E-state index in [-0.39, 0.29) is 23.4 Å². The molecule has 0 radical (unpaired) electrons. The molecule has 0 bridgehead atoms. The first kappa shape index (κ1) is 30.2. The standard InChI is InChI=1S/C30H36ClN3O4S/c1-5-23(4)32-30(36)28(6-2)33(20-24-13-11-10-12-22(24)3)29(35)21-34(26-14-8-7-9-15-26)39(37,38)27-18-16-25(31)17-19-27/h7-19,23,28H,5-6,20-21H2,1-4H3,(H,32,36)/t23-,28-/m0/s1. The summed E-state index contributed by atoms with van der Waals surface area (Å²) in [6, 6.07) is 21.1. The number of amides is 2. The van der Waals surface area contributed by atoms with Crippen molar-refractivity contribution in [1.82, 2.24) is 10.2 Å². The summed E-state index contributed by atoms with van der Waals surface area (Å²) in [6.07, 6.45) is 1.12. The van der Waals surface area contributed by atoms with Gasteiger partial charge in [-0.15, -0.1) is 0 Å². The smallest absolute Gasteiger partial charge is 0.264 e. The zero-order valence-corrected chi connectivity index (χ0v) is 24.4. The summed E-state index contributed by atoms with van der Waals surface area (Å²) in [6.45, 7) is 7.36. The van der Waals surface area contributed by atoms with E-state index in [1.165, 1.54) is 29.2 Å². The Bertz CT molecular complexity index is 1360. The molecule has 3 rings (SSSR count). The van der Waals surface area contributed by atoms with Crippen LogP contribution in [0.2, 0.25) is 5.02 Å². The number of carbonyl (C=O) groups excluding carboxylic acids is 2. The molecule has 0 aromatic heterocycles. The number of anilines is 1. The van der Waals surface area contributed by atoms with Crippen LogP contribution in [0.25, 0.3) is 0 Å². The molecule has 0 saturated heterocycles. The molecule has 39 heavy (non-hydrogen) atoms. The van der Waals surface area contributed by atoms with Crippen molar-refractivity contribution in [2.45, 2.75) is 64.1 Å². The minimum absolute atomic E-state index is 0.00978.